The van der Waals surface area contributed by atoms with E-state index in [1.165, 1.54) is 7.11 Å². The van der Waals surface area contributed by atoms with Crippen molar-refractivity contribution in [2.24, 2.45) is 5.92 Å². The van der Waals surface area contributed by atoms with Gasteiger partial charge < -0.3 is 14.2 Å². The van der Waals surface area contributed by atoms with Gasteiger partial charge in [-0.1, -0.05) is 0 Å². The Morgan fingerprint density at radius 2 is 1.88 bits per heavy atom. The number of rotatable bonds is 3. The van der Waals surface area contributed by atoms with Crippen LogP contribution in [0.3, 0.4) is 0 Å². The van der Waals surface area contributed by atoms with Gasteiger partial charge in [-0.05, 0) is 32.1 Å². The third kappa shape index (κ3) is 2.95. The second-order valence-electron chi connectivity index (χ2n) is 4.62. The molecule has 0 N–H and O–H groups in total. The largest absolute Gasteiger partial charge is 0.469 e. The number of methoxy groups -OCH3 is 1. The first-order chi connectivity index (χ1) is 7.79. The van der Waals surface area contributed by atoms with Gasteiger partial charge in [0.1, 0.15) is 0 Å². The second kappa shape index (κ2) is 5.64. The van der Waals surface area contributed by atoms with E-state index in [9.17, 15) is 4.79 Å². The molecule has 0 spiro atoms. The summed E-state index contributed by atoms with van der Waals surface area (Å²) in [7, 11) is 1.46. The summed E-state index contributed by atoms with van der Waals surface area (Å²) in [6, 6.07) is 0. The van der Waals surface area contributed by atoms with Crippen LogP contribution in [0, 0.1) is 5.92 Å². The summed E-state index contributed by atoms with van der Waals surface area (Å²) < 4.78 is 16.0. The molecule has 0 bridgehead atoms. The molecule has 1 aliphatic heterocycles. The molecule has 0 amide bonds. The highest BCUT2D eigenvalue weighted by atomic mass is 16.6. The Bertz CT molecular complexity index is 227. The number of carbonyl (C=O) groups is 1. The predicted molar refractivity (Wildman–Crippen MR) is 58.1 cm³/mol. The van der Waals surface area contributed by atoms with Crippen molar-refractivity contribution >= 4 is 5.97 Å². The Morgan fingerprint density at radius 3 is 2.44 bits per heavy atom. The van der Waals surface area contributed by atoms with E-state index in [4.69, 9.17) is 14.2 Å². The molecule has 4 nitrogen and oxygen atoms in total. The van der Waals surface area contributed by atoms with Gasteiger partial charge in [-0.3, -0.25) is 4.79 Å². The van der Waals surface area contributed by atoms with E-state index in [0.29, 0.717) is 6.10 Å². The first-order valence-corrected chi connectivity index (χ1v) is 6.10. The van der Waals surface area contributed by atoms with Gasteiger partial charge in [0, 0.05) is 6.61 Å². The van der Waals surface area contributed by atoms with Crippen molar-refractivity contribution in [3.8, 4) is 0 Å². The summed E-state index contributed by atoms with van der Waals surface area (Å²) >= 11 is 0. The highest BCUT2D eigenvalue weighted by Gasteiger charge is 2.29. The van der Waals surface area contributed by atoms with Crippen LogP contribution in [0.1, 0.15) is 32.1 Å². The van der Waals surface area contributed by atoms with Gasteiger partial charge in [0.05, 0.1) is 31.8 Å². The average molecular weight is 228 g/mol. The van der Waals surface area contributed by atoms with E-state index in [1.54, 1.807) is 0 Å². The lowest BCUT2D eigenvalue weighted by atomic mass is 9.87. The van der Waals surface area contributed by atoms with E-state index < -0.39 is 0 Å². The smallest absolute Gasteiger partial charge is 0.308 e. The van der Waals surface area contributed by atoms with Crippen LogP contribution in [0.2, 0.25) is 0 Å². The van der Waals surface area contributed by atoms with Gasteiger partial charge >= 0.3 is 5.97 Å². The second-order valence-corrected chi connectivity index (χ2v) is 4.62. The van der Waals surface area contributed by atoms with Crippen LogP contribution in [-0.4, -0.2) is 38.5 Å². The Balaban J connectivity index is 1.70. The predicted octanol–water partition coefficient (Wildman–Crippen LogP) is 1.52. The molecule has 16 heavy (non-hydrogen) atoms. The maximum absolute atomic E-state index is 11.3. The molecule has 1 heterocycles. The van der Waals surface area contributed by atoms with Crippen molar-refractivity contribution in [3.05, 3.63) is 0 Å². The van der Waals surface area contributed by atoms with E-state index in [-0.39, 0.29) is 18.0 Å². The molecule has 1 saturated heterocycles. The van der Waals surface area contributed by atoms with Gasteiger partial charge in [-0.2, -0.15) is 0 Å². The minimum atomic E-state index is -0.0670. The van der Waals surface area contributed by atoms with Crippen LogP contribution in [0.5, 0.6) is 0 Å². The molecule has 1 atom stereocenters. The SMILES string of the molecule is COC(=O)C1CCC(OC2CCOC2)CC1. The Labute approximate surface area is 96.2 Å². The van der Waals surface area contributed by atoms with Crippen LogP contribution in [-0.2, 0) is 19.0 Å². The minimum absolute atomic E-state index is 0.0670. The lowest BCUT2D eigenvalue weighted by Gasteiger charge is -2.28. The zero-order valence-electron chi connectivity index (χ0n) is 9.81. The number of esters is 1. The molecule has 1 unspecified atom stereocenters. The molecule has 2 rings (SSSR count). The fourth-order valence-electron chi connectivity index (χ4n) is 2.49. The van der Waals surface area contributed by atoms with Crippen LogP contribution >= 0.6 is 0 Å². The van der Waals surface area contributed by atoms with Crippen LogP contribution in [0.15, 0.2) is 0 Å². The lowest BCUT2D eigenvalue weighted by molar-refractivity contribution is -0.148. The Hall–Kier alpha value is -0.610. The van der Waals surface area contributed by atoms with Crippen molar-refractivity contribution in [2.45, 2.75) is 44.3 Å². The molecule has 0 aromatic carbocycles. The maximum Gasteiger partial charge on any atom is 0.308 e. The average Bonchev–Trinajstić information content (AvgIpc) is 2.82. The summed E-state index contributed by atoms with van der Waals surface area (Å²) in [5.74, 6) is 0.0207. The molecule has 2 fully saturated rings. The van der Waals surface area contributed by atoms with Gasteiger partial charge in [0.25, 0.3) is 0 Å². The summed E-state index contributed by atoms with van der Waals surface area (Å²) in [5.41, 5.74) is 0. The fraction of sp³-hybridized carbons (Fsp3) is 0.917. The molecular weight excluding hydrogens is 208 g/mol. The highest BCUT2D eigenvalue weighted by Crippen LogP contribution is 2.28. The van der Waals surface area contributed by atoms with E-state index in [1.807, 2.05) is 0 Å². The molecule has 4 heteroatoms. The number of hydrogen-bond acceptors (Lipinski definition) is 4. The van der Waals surface area contributed by atoms with Crippen molar-refractivity contribution in [1.82, 2.24) is 0 Å². The minimum Gasteiger partial charge on any atom is -0.469 e. The van der Waals surface area contributed by atoms with Crippen molar-refractivity contribution in [2.75, 3.05) is 20.3 Å². The van der Waals surface area contributed by atoms with Gasteiger partial charge in [0.2, 0.25) is 0 Å². The highest BCUT2D eigenvalue weighted by molar-refractivity contribution is 5.72. The quantitative estimate of drug-likeness (QED) is 0.687. The van der Waals surface area contributed by atoms with Crippen molar-refractivity contribution < 1.29 is 19.0 Å². The first kappa shape index (κ1) is 11.9. The zero-order chi connectivity index (χ0) is 11.4. The summed E-state index contributed by atoms with van der Waals surface area (Å²) in [5, 5.41) is 0. The van der Waals surface area contributed by atoms with E-state index >= 15 is 0 Å². The zero-order valence-corrected chi connectivity index (χ0v) is 9.81. The molecule has 0 aromatic heterocycles. The van der Waals surface area contributed by atoms with Crippen molar-refractivity contribution in [1.29, 1.82) is 0 Å². The maximum atomic E-state index is 11.3. The summed E-state index contributed by atoms with van der Waals surface area (Å²) in [6.45, 7) is 1.55. The summed E-state index contributed by atoms with van der Waals surface area (Å²) in [6.07, 6.45) is 5.33. The van der Waals surface area contributed by atoms with Crippen LogP contribution in [0.4, 0.5) is 0 Å². The van der Waals surface area contributed by atoms with Gasteiger partial charge in [0.15, 0.2) is 0 Å². The van der Waals surface area contributed by atoms with Crippen LogP contribution < -0.4 is 0 Å². The third-order valence-corrected chi connectivity index (χ3v) is 3.48. The third-order valence-electron chi connectivity index (χ3n) is 3.48. The van der Waals surface area contributed by atoms with Crippen LogP contribution in [0.25, 0.3) is 0 Å². The fourth-order valence-corrected chi connectivity index (χ4v) is 2.49. The molecule has 1 aliphatic carbocycles. The topological polar surface area (TPSA) is 44.8 Å². The molecular formula is C12H20O4. The van der Waals surface area contributed by atoms with E-state index in [0.717, 1.165) is 45.3 Å². The van der Waals surface area contributed by atoms with Crippen molar-refractivity contribution in [3.63, 3.8) is 0 Å². The normalized spacial score (nSPS) is 34.9. The Kier molecular flexibility index (Phi) is 4.18. The molecule has 92 valence electrons. The number of hydrogen-bond donors (Lipinski definition) is 0. The number of ether oxygens (including phenoxy) is 3. The molecule has 0 radical (unpaired) electrons. The molecule has 1 saturated carbocycles. The molecule has 0 aromatic rings. The molecule has 2 aliphatic rings. The monoisotopic (exact) mass is 228 g/mol. The number of carbonyl (C=O) groups excluding carboxylic acids is 1. The van der Waals surface area contributed by atoms with Gasteiger partial charge in [-0.25, -0.2) is 0 Å². The van der Waals surface area contributed by atoms with E-state index in [2.05, 4.69) is 0 Å². The lowest BCUT2D eigenvalue weighted by Crippen LogP contribution is -2.30. The standard InChI is InChI=1S/C12H20O4/c1-14-12(13)9-2-4-10(5-3-9)16-11-6-7-15-8-11/h9-11H,2-8H2,1H3. The Morgan fingerprint density at radius 1 is 1.12 bits per heavy atom. The van der Waals surface area contributed by atoms with Gasteiger partial charge in [-0.15, -0.1) is 0 Å². The summed E-state index contributed by atoms with van der Waals surface area (Å²) in [4.78, 5) is 11.3. The first-order valence-electron chi connectivity index (χ1n) is 6.10.